The second kappa shape index (κ2) is 5.78. The van der Waals surface area contributed by atoms with Gasteiger partial charge in [0.2, 0.25) is 10.0 Å². The number of nitrogen functional groups attached to an aromatic ring is 1. The van der Waals surface area contributed by atoms with Gasteiger partial charge in [-0.2, -0.15) is 0 Å². The largest absolute Gasteiger partial charge is 0.398 e. The summed E-state index contributed by atoms with van der Waals surface area (Å²) >= 11 is 5.85. The van der Waals surface area contributed by atoms with Gasteiger partial charge in [0.05, 0.1) is 15.6 Å². The van der Waals surface area contributed by atoms with Gasteiger partial charge < -0.3 is 5.73 Å². The van der Waals surface area contributed by atoms with E-state index >= 15 is 0 Å². The van der Waals surface area contributed by atoms with Crippen molar-refractivity contribution in [1.29, 1.82) is 0 Å². The number of anilines is 1. The van der Waals surface area contributed by atoms with Crippen molar-refractivity contribution >= 4 is 27.3 Å². The molecule has 0 aliphatic carbocycles. The van der Waals surface area contributed by atoms with Gasteiger partial charge in [0.15, 0.2) is 0 Å². The van der Waals surface area contributed by atoms with Crippen LogP contribution in [0.1, 0.15) is 18.5 Å². The van der Waals surface area contributed by atoms with E-state index < -0.39 is 16.1 Å². The molecule has 7 heteroatoms. The lowest BCUT2D eigenvalue weighted by molar-refractivity contribution is 0.566. The van der Waals surface area contributed by atoms with E-state index in [2.05, 4.69) is 9.71 Å². The number of hydrogen-bond acceptors (Lipinski definition) is 4. The predicted molar refractivity (Wildman–Crippen MR) is 78.8 cm³/mol. The molecule has 0 bridgehead atoms. The Bertz CT molecular complexity index is 705. The van der Waals surface area contributed by atoms with Gasteiger partial charge >= 0.3 is 0 Å². The van der Waals surface area contributed by atoms with Crippen molar-refractivity contribution in [2.45, 2.75) is 17.9 Å². The van der Waals surface area contributed by atoms with Crippen LogP contribution in [-0.4, -0.2) is 13.4 Å². The van der Waals surface area contributed by atoms with Gasteiger partial charge in [0.25, 0.3) is 0 Å². The van der Waals surface area contributed by atoms with Gasteiger partial charge in [-0.3, -0.25) is 4.98 Å². The number of nitrogens with zero attached hydrogens (tertiary/aromatic N) is 1. The minimum absolute atomic E-state index is 0.0763. The first-order chi connectivity index (χ1) is 9.40. The SMILES string of the molecule is CC(NS(=O)(=O)c1ccc(N)c(Cl)c1)c1cccnc1. The zero-order valence-electron chi connectivity index (χ0n) is 10.7. The van der Waals surface area contributed by atoms with Crippen LogP contribution in [-0.2, 0) is 10.0 Å². The quantitative estimate of drug-likeness (QED) is 0.849. The molecule has 0 spiro atoms. The Morgan fingerprint density at radius 1 is 1.35 bits per heavy atom. The number of nitrogens with one attached hydrogen (secondary N) is 1. The van der Waals surface area contributed by atoms with E-state index in [0.717, 1.165) is 5.56 Å². The van der Waals surface area contributed by atoms with Gasteiger partial charge in [-0.15, -0.1) is 0 Å². The van der Waals surface area contributed by atoms with Crippen LogP contribution in [0.15, 0.2) is 47.6 Å². The normalized spacial score (nSPS) is 13.1. The molecule has 2 rings (SSSR count). The molecular weight excluding hydrogens is 298 g/mol. The molecule has 106 valence electrons. The minimum atomic E-state index is -3.66. The molecule has 0 amide bonds. The summed E-state index contributed by atoms with van der Waals surface area (Å²) in [7, 11) is -3.66. The molecule has 0 saturated heterocycles. The Morgan fingerprint density at radius 2 is 2.10 bits per heavy atom. The molecule has 3 N–H and O–H groups in total. The molecule has 1 unspecified atom stereocenters. The third kappa shape index (κ3) is 3.27. The van der Waals surface area contributed by atoms with Crippen LogP contribution >= 0.6 is 11.6 Å². The lowest BCUT2D eigenvalue weighted by Gasteiger charge is -2.14. The van der Waals surface area contributed by atoms with Crippen LogP contribution in [0.3, 0.4) is 0 Å². The molecular formula is C13H14ClN3O2S. The number of nitrogens with two attached hydrogens (primary N) is 1. The standard InChI is InChI=1S/C13H14ClN3O2S/c1-9(10-3-2-6-16-8-10)17-20(18,19)11-4-5-13(15)12(14)7-11/h2-9,17H,15H2,1H3. The van der Waals surface area contributed by atoms with Crippen molar-refractivity contribution < 1.29 is 8.42 Å². The number of pyridine rings is 1. The average molecular weight is 312 g/mol. The van der Waals surface area contributed by atoms with E-state index in [1.165, 1.54) is 18.2 Å². The summed E-state index contributed by atoms with van der Waals surface area (Å²) in [6.45, 7) is 1.74. The first kappa shape index (κ1) is 14.8. The third-order valence-corrected chi connectivity index (χ3v) is 4.66. The van der Waals surface area contributed by atoms with Crippen LogP contribution in [0.5, 0.6) is 0 Å². The fraction of sp³-hybridized carbons (Fsp3) is 0.154. The van der Waals surface area contributed by atoms with Gasteiger partial charge in [-0.05, 0) is 36.8 Å². The topological polar surface area (TPSA) is 85.1 Å². The van der Waals surface area contributed by atoms with Crippen LogP contribution in [0.4, 0.5) is 5.69 Å². The van der Waals surface area contributed by atoms with Crippen molar-refractivity contribution in [2.75, 3.05) is 5.73 Å². The molecule has 2 aromatic rings. The monoisotopic (exact) mass is 311 g/mol. The first-order valence-corrected chi connectivity index (χ1v) is 7.73. The zero-order valence-corrected chi connectivity index (χ0v) is 12.3. The lowest BCUT2D eigenvalue weighted by atomic mass is 10.2. The summed E-state index contributed by atoms with van der Waals surface area (Å²) in [5, 5.41) is 0.210. The molecule has 1 aromatic heterocycles. The summed E-state index contributed by atoms with van der Waals surface area (Å²) in [6, 6.07) is 7.36. The van der Waals surface area contributed by atoms with E-state index in [4.69, 9.17) is 17.3 Å². The highest BCUT2D eigenvalue weighted by Gasteiger charge is 2.19. The van der Waals surface area contributed by atoms with Crippen molar-refractivity contribution in [3.8, 4) is 0 Å². The van der Waals surface area contributed by atoms with E-state index in [0.29, 0.717) is 5.69 Å². The summed E-state index contributed by atoms with van der Waals surface area (Å²) in [4.78, 5) is 4.04. The van der Waals surface area contributed by atoms with Crippen molar-refractivity contribution in [3.63, 3.8) is 0 Å². The molecule has 1 heterocycles. The first-order valence-electron chi connectivity index (χ1n) is 5.87. The number of sulfonamides is 1. The van der Waals surface area contributed by atoms with E-state index in [1.54, 1.807) is 31.5 Å². The van der Waals surface area contributed by atoms with Crippen LogP contribution < -0.4 is 10.5 Å². The van der Waals surface area contributed by atoms with E-state index in [1.807, 2.05) is 0 Å². The number of aromatic nitrogens is 1. The smallest absolute Gasteiger partial charge is 0.241 e. The minimum Gasteiger partial charge on any atom is -0.398 e. The molecule has 20 heavy (non-hydrogen) atoms. The average Bonchev–Trinajstić information content (AvgIpc) is 2.42. The Labute approximate surface area is 122 Å². The molecule has 0 aliphatic heterocycles. The maximum Gasteiger partial charge on any atom is 0.241 e. The highest BCUT2D eigenvalue weighted by Crippen LogP contribution is 2.23. The van der Waals surface area contributed by atoms with Crippen LogP contribution in [0, 0.1) is 0 Å². The van der Waals surface area contributed by atoms with Crippen molar-refractivity contribution in [3.05, 3.63) is 53.3 Å². The number of hydrogen-bond donors (Lipinski definition) is 2. The number of halogens is 1. The van der Waals surface area contributed by atoms with Gasteiger partial charge in [-0.1, -0.05) is 17.7 Å². The Kier molecular flexibility index (Phi) is 4.27. The summed E-state index contributed by atoms with van der Waals surface area (Å²) < 4.78 is 27.1. The summed E-state index contributed by atoms with van der Waals surface area (Å²) in [5.41, 5.74) is 6.68. The van der Waals surface area contributed by atoms with Crippen molar-refractivity contribution in [2.24, 2.45) is 0 Å². The molecule has 0 fully saturated rings. The Hall–Kier alpha value is -1.63. The molecule has 1 atom stereocenters. The van der Waals surface area contributed by atoms with Gasteiger partial charge in [0.1, 0.15) is 0 Å². The second-order valence-electron chi connectivity index (χ2n) is 4.31. The fourth-order valence-electron chi connectivity index (χ4n) is 1.68. The molecule has 1 aromatic carbocycles. The molecule has 5 nitrogen and oxygen atoms in total. The molecule has 0 radical (unpaired) electrons. The highest BCUT2D eigenvalue weighted by molar-refractivity contribution is 7.89. The Balaban J connectivity index is 2.25. The number of rotatable bonds is 4. The summed E-state index contributed by atoms with van der Waals surface area (Å²) in [5.74, 6) is 0. The van der Waals surface area contributed by atoms with E-state index in [9.17, 15) is 8.42 Å². The van der Waals surface area contributed by atoms with Crippen LogP contribution in [0.2, 0.25) is 5.02 Å². The zero-order chi connectivity index (χ0) is 14.8. The summed E-state index contributed by atoms with van der Waals surface area (Å²) in [6.07, 6.45) is 3.24. The van der Waals surface area contributed by atoms with Crippen LogP contribution in [0.25, 0.3) is 0 Å². The Morgan fingerprint density at radius 3 is 2.70 bits per heavy atom. The van der Waals surface area contributed by atoms with Gasteiger partial charge in [-0.25, -0.2) is 13.1 Å². The maximum atomic E-state index is 12.2. The van der Waals surface area contributed by atoms with Gasteiger partial charge in [0, 0.05) is 18.4 Å². The highest BCUT2D eigenvalue weighted by atomic mass is 35.5. The second-order valence-corrected chi connectivity index (χ2v) is 6.43. The maximum absolute atomic E-state index is 12.2. The van der Waals surface area contributed by atoms with Crippen molar-refractivity contribution in [1.82, 2.24) is 9.71 Å². The molecule has 0 saturated carbocycles. The third-order valence-electron chi connectivity index (χ3n) is 2.80. The van der Waals surface area contributed by atoms with E-state index in [-0.39, 0.29) is 9.92 Å². The lowest BCUT2D eigenvalue weighted by Crippen LogP contribution is -2.27. The number of benzene rings is 1. The molecule has 0 aliphatic rings. The fourth-order valence-corrected chi connectivity index (χ4v) is 3.18. The predicted octanol–water partition coefficient (Wildman–Crippen LogP) is 2.36.